The van der Waals surface area contributed by atoms with Crippen molar-refractivity contribution in [3.63, 3.8) is 0 Å². The minimum Gasteiger partial charge on any atom is -0.480 e. The zero-order chi connectivity index (χ0) is 24.2. The van der Waals surface area contributed by atoms with E-state index in [9.17, 15) is 9.90 Å². The van der Waals surface area contributed by atoms with Crippen LogP contribution < -0.4 is 5.32 Å². The van der Waals surface area contributed by atoms with Crippen LogP contribution in [0.4, 0.5) is 10.2 Å². The Morgan fingerprint density at radius 3 is 2.89 bits per heavy atom. The monoisotopic (exact) mass is 480 g/mol. The number of nitrogens with one attached hydrogen (secondary N) is 1. The molecule has 2 aliphatic heterocycles. The van der Waals surface area contributed by atoms with Crippen molar-refractivity contribution in [2.45, 2.75) is 82.3 Å². The van der Waals surface area contributed by atoms with Crippen LogP contribution >= 0.6 is 0 Å². The van der Waals surface area contributed by atoms with Crippen LogP contribution in [0.15, 0.2) is 30.5 Å². The second-order valence-corrected chi connectivity index (χ2v) is 10.5. The van der Waals surface area contributed by atoms with Crippen molar-refractivity contribution in [1.82, 2.24) is 14.9 Å². The summed E-state index contributed by atoms with van der Waals surface area (Å²) >= 11 is 0. The molecule has 3 atom stereocenters. The highest BCUT2D eigenvalue weighted by Crippen LogP contribution is 2.40. The minimum absolute atomic E-state index is 0.105. The number of rotatable bonds is 10. The summed E-state index contributed by atoms with van der Waals surface area (Å²) in [5, 5.41) is 13.5. The minimum atomic E-state index is -0.896. The number of likely N-dealkylation sites (tertiary alicyclic amines) is 1. The van der Waals surface area contributed by atoms with E-state index in [0.29, 0.717) is 31.8 Å². The summed E-state index contributed by atoms with van der Waals surface area (Å²) in [7, 11) is 0. The standard InChI is InChI=1S/C28H37FN4O2/c29-24(11-2-1-9-22-13-12-20-8-4-16-31-27(20)32-22)21-14-17-33(18-21)26(28(34)35)23-10-5-15-30-25(23)19-6-3-7-19/h5,10,12-13,15,19,21,24,26H,1-4,6-9,11,14,16-18H2,(H,31,32)(H,34,35)/t21-,24+,26+/m1/s1. The summed E-state index contributed by atoms with van der Waals surface area (Å²) in [6.07, 6.45) is 10.3. The molecule has 0 bridgehead atoms. The molecule has 3 aliphatic rings. The summed E-state index contributed by atoms with van der Waals surface area (Å²) in [6.45, 7) is 2.10. The molecule has 0 amide bonds. The average molecular weight is 481 g/mol. The van der Waals surface area contributed by atoms with Crippen LogP contribution in [0.5, 0.6) is 0 Å². The number of hydrogen-bond donors (Lipinski definition) is 2. The maximum atomic E-state index is 15.2. The lowest BCUT2D eigenvalue weighted by molar-refractivity contribution is -0.143. The van der Waals surface area contributed by atoms with Crippen molar-refractivity contribution < 1.29 is 14.3 Å². The van der Waals surface area contributed by atoms with E-state index < -0.39 is 18.2 Å². The zero-order valence-electron chi connectivity index (χ0n) is 20.5. The number of carbonyl (C=O) groups is 1. The van der Waals surface area contributed by atoms with Crippen molar-refractivity contribution >= 4 is 11.8 Å². The Kier molecular flexibility index (Phi) is 7.61. The van der Waals surface area contributed by atoms with E-state index in [0.717, 1.165) is 74.3 Å². The number of aliphatic carboxylic acids is 1. The van der Waals surface area contributed by atoms with Crippen molar-refractivity contribution in [1.29, 1.82) is 0 Å². The number of carboxylic acid groups (broad SMARTS) is 1. The molecule has 0 unspecified atom stereocenters. The highest BCUT2D eigenvalue weighted by atomic mass is 19.1. The van der Waals surface area contributed by atoms with E-state index in [2.05, 4.69) is 22.4 Å². The smallest absolute Gasteiger partial charge is 0.325 e. The van der Waals surface area contributed by atoms with Crippen molar-refractivity contribution in [2.75, 3.05) is 25.0 Å². The second kappa shape index (κ2) is 11.0. The van der Waals surface area contributed by atoms with Gasteiger partial charge in [0.1, 0.15) is 18.0 Å². The van der Waals surface area contributed by atoms with E-state index in [1.54, 1.807) is 6.20 Å². The normalized spacial score (nSPS) is 22.1. The second-order valence-electron chi connectivity index (χ2n) is 10.5. The SMILES string of the molecule is O=C(O)[C@H](c1cccnc1C1CCC1)N1CC[C@@H]([C@@H](F)CCCCc2ccc3c(n2)NCCC3)C1. The van der Waals surface area contributed by atoms with Gasteiger partial charge in [-0.2, -0.15) is 0 Å². The van der Waals surface area contributed by atoms with Gasteiger partial charge in [0, 0.05) is 48.1 Å². The third-order valence-electron chi connectivity index (χ3n) is 8.14. The Hall–Kier alpha value is -2.54. The Balaban J connectivity index is 1.13. The number of nitrogens with zero attached hydrogens (tertiary/aromatic N) is 3. The molecule has 0 spiro atoms. The van der Waals surface area contributed by atoms with Crippen molar-refractivity contribution in [3.8, 4) is 0 Å². The number of fused-ring (bicyclic) bond motifs is 1. The van der Waals surface area contributed by atoms with Crippen LogP contribution in [0, 0.1) is 5.92 Å². The van der Waals surface area contributed by atoms with Gasteiger partial charge in [-0.3, -0.25) is 14.7 Å². The number of anilines is 1. The molecule has 1 saturated carbocycles. The molecule has 0 aromatic carbocycles. The van der Waals surface area contributed by atoms with Crippen LogP contribution in [-0.4, -0.2) is 51.7 Å². The van der Waals surface area contributed by atoms with Crippen LogP contribution in [0.2, 0.25) is 0 Å². The van der Waals surface area contributed by atoms with Gasteiger partial charge in [0.05, 0.1) is 0 Å². The highest BCUT2D eigenvalue weighted by molar-refractivity contribution is 5.76. The quantitative estimate of drug-likeness (QED) is 0.449. The number of pyridine rings is 2. The number of aromatic nitrogens is 2. The summed E-state index contributed by atoms with van der Waals surface area (Å²) in [5.74, 6) is 0.416. The number of carboxylic acids is 1. The number of alkyl halides is 1. The third-order valence-corrected chi connectivity index (χ3v) is 8.14. The Morgan fingerprint density at radius 1 is 1.20 bits per heavy atom. The number of hydrogen-bond acceptors (Lipinski definition) is 5. The number of aryl methyl sites for hydroxylation is 2. The van der Waals surface area contributed by atoms with Gasteiger partial charge < -0.3 is 10.4 Å². The Labute approximate surface area is 207 Å². The van der Waals surface area contributed by atoms with Gasteiger partial charge in [-0.15, -0.1) is 0 Å². The molecular formula is C28H37FN4O2. The molecule has 5 rings (SSSR count). The fraction of sp³-hybridized carbons (Fsp3) is 0.607. The number of halogens is 1. The summed E-state index contributed by atoms with van der Waals surface area (Å²) in [5.41, 5.74) is 4.09. The predicted octanol–water partition coefficient (Wildman–Crippen LogP) is 5.30. The maximum Gasteiger partial charge on any atom is 0.325 e. The van der Waals surface area contributed by atoms with Gasteiger partial charge in [-0.25, -0.2) is 9.37 Å². The molecular weight excluding hydrogens is 443 g/mol. The van der Waals surface area contributed by atoms with E-state index in [4.69, 9.17) is 4.98 Å². The van der Waals surface area contributed by atoms with Crippen LogP contribution in [0.1, 0.15) is 85.8 Å². The molecule has 2 fully saturated rings. The molecule has 1 aliphatic carbocycles. The Bertz CT molecular complexity index is 1030. The number of unbranched alkanes of at least 4 members (excludes halogenated alkanes) is 1. The predicted molar refractivity (Wildman–Crippen MR) is 134 cm³/mol. The average Bonchev–Trinajstić information content (AvgIpc) is 3.31. The summed E-state index contributed by atoms with van der Waals surface area (Å²) in [6, 6.07) is 7.28. The third kappa shape index (κ3) is 5.50. The lowest BCUT2D eigenvalue weighted by atomic mass is 9.80. The molecule has 7 heteroatoms. The molecule has 6 nitrogen and oxygen atoms in total. The van der Waals surface area contributed by atoms with Gasteiger partial charge in [0.25, 0.3) is 0 Å². The van der Waals surface area contributed by atoms with E-state index in [1.807, 2.05) is 17.0 Å². The van der Waals surface area contributed by atoms with Crippen molar-refractivity contribution in [3.05, 3.63) is 53.0 Å². The molecule has 4 heterocycles. The molecule has 188 valence electrons. The van der Waals surface area contributed by atoms with Crippen LogP contribution in [-0.2, 0) is 17.6 Å². The topological polar surface area (TPSA) is 78.3 Å². The highest BCUT2D eigenvalue weighted by Gasteiger charge is 2.39. The summed E-state index contributed by atoms with van der Waals surface area (Å²) < 4.78 is 15.2. The van der Waals surface area contributed by atoms with Gasteiger partial charge in [-0.05, 0) is 75.6 Å². The molecule has 1 saturated heterocycles. The molecule has 2 aromatic heterocycles. The van der Waals surface area contributed by atoms with Gasteiger partial charge in [-0.1, -0.05) is 25.0 Å². The van der Waals surface area contributed by atoms with E-state index >= 15 is 4.39 Å². The van der Waals surface area contributed by atoms with Gasteiger partial charge in [0.15, 0.2) is 0 Å². The first-order valence-electron chi connectivity index (χ1n) is 13.4. The van der Waals surface area contributed by atoms with Crippen LogP contribution in [0.3, 0.4) is 0 Å². The fourth-order valence-electron chi connectivity index (χ4n) is 5.90. The lowest BCUT2D eigenvalue weighted by Gasteiger charge is -2.31. The van der Waals surface area contributed by atoms with Gasteiger partial charge >= 0.3 is 5.97 Å². The lowest BCUT2D eigenvalue weighted by Crippen LogP contribution is -2.34. The maximum absolute atomic E-state index is 15.2. The van der Waals surface area contributed by atoms with Crippen LogP contribution in [0.25, 0.3) is 0 Å². The van der Waals surface area contributed by atoms with E-state index in [1.165, 1.54) is 12.0 Å². The van der Waals surface area contributed by atoms with Crippen molar-refractivity contribution in [2.24, 2.45) is 5.92 Å². The fourth-order valence-corrected chi connectivity index (χ4v) is 5.90. The molecule has 0 radical (unpaired) electrons. The zero-order valence-corrected chi connectivity index (χ0v) is 20.5. The first-order chi connectivity index (χ1) is 17.1. The summed E-state index contributed by atoms with van der Waals surface area (Å²) in [4.78, 5) is 23.6. The van der Waals surface area contributed by atoms with E-state index in [-0.39, 0.29) is 5.92 Å². The molecule has 2 aromatic rings. The molecule has 2 N–H and O–H groups in total. The first-order valence-corrected chi connectivity index (χ1v) is 13.4. The largest absolute Gasteiger partial charge is 0.480 e. The Morgan fingerprint density at radius 2 is 2.09 bits per heavy atom. The van der Waals surface area contributed by atoms with Gasteiger partial charge in [0.2, 0.25) is 0 Å². The first kappa shape index (κ1) is 24.2. The molecule has 35 heavy (non-hydrogen) atoms.